The maximum atomic E-state index is 6.21. The molecular weight excluding hydrogens is 488 g/mol. The number of ether oxygens (including phenoxy) is 2. The number of anilines is 2. The van der Waals surface area contributed by atoms with Crippen molar-refractivity contribution in [3.63, 3.8) is 0 Å². The summed E-state index contributed by atoms with van der Waals surface area (Å²) in [4.78, 5) is 13.7. The zero-order chi connectivity index (χ0) is 24.6. The Bertz CT molecular complexity index is 1260. The molecule has 0 saturated carbocycles. The molecule has 36 heavy (non-hydrogen) atoms. The summed E-state index contributed by atoms with van der Waals surface area (Å²) in [6.07, 6.45) is 5.81. The number of hydrogen-bond acceptors (Lipinski definition) is 8. The van der Waals surface area contributed by atoms with Crippen LogP contribution in [0.3, 0.4) is 0 Å². The molecule has 0 unspecified atom stereocenters. The van der Waals surface area contributed by atoms with Crippen LogP contribution in [0.15, 0.2) is 82.0 Å². The normalized spacial score (nSPS) is 13.9. The van der Waals surface area contributed by atoms with Crippen LogP contribution in [-0.2, 0) is 0 Å². The van der Waals surface area contributed by atoms with Gasteiger partial charge in [0.1, 0.15) is 18.1 Å². The third-order valence-electron chi connectivity index (χ3n) is 5.81. The number of nitrogens with one attached hydrogen (secondary N) is 1. The Morgan fingerprint density at radius 3 is 2.61 bits per heavy atom. The second-order valence-electron chi connectivity index (χ2n) is 8.68. The highest BCUT2D eigenvalue weighted by Crippen LogP contribution is 2.37. The molecule has 2 aromatic carbocycles. The Morgan fingerprint density at radius 2 is 1.81 bits per heavy atom. The lowest BCUT2D eigenvalue weighted by molar-refractivity contribution is 0.183. The number of aromatic nitrogens is 2. The van der Waals surface area contributed by atoms with Crippen LogP contribution in [0.1, 0.15) is 25.0 Å². The van der Waals surface area contributed by atoms with Gasteiger partial charge in [0.15, 0.2) is 16.7 Å². The highest BCUT2D eigenvalue weighted by atomic mass is 32.2. The molecule has 1 aliphatic heterocycles. The maximum Gasteiger partial charge on any atom is 0.188 e. The fourth-order valence-corrected chi connectivity index (χ4v) is 5.57. The number of rotatable bonds is 10. The lowest BCUT2D eigenvalue weighted by Gasteiger charge is -2.26. The van der Waals surface area contributed by atoms with E-state index in [-0.39, 0.29) is 0 Å². The predicted molar refractivity (Wildman–Crippen MR) is 147 cm³/mol. The Kier molecular flexibility index (Phi) is 8.38. The molecule has 1 saturated heterocycles. The van der Waals surface area contributed by atoms with Crippen molar-refractivity contribution in [2.75, 3.05) is 31.6 Å². The number of benzene rings is 2. The third-order valence-corrected chi connectivity index (χ3v) is 7.63. The van der Waals surface area contributed by atoms with Crippen molar-refractivity contribution in [1.29, 1.82) is 0 Å². The topological polar surface area (TPSA) is 59.5 Å². The SMILES string of the molecule is Cc1csc(Nc2ncc(Sc3cccc(OCCN4CCCCC4)c3)cc2Oc2ccccc2)n1. The highest BCUT2D eigenvalue weighted by molar-refractivity contribution is 7.99. The Hall–Kier alpha value is -3.07. The summed E-state index contributed by atoms with van der Waals surface area (Å²) in [6.45, 7) is 6.04. The maximum absolute atomic E-state index is 6.21. The van der Waals surface area contributed by atoms with Crippen molar-refractivity contribution in [3.8, 4) is 17.2 Å². The molecule has 6 nitrogen and oxygen atoms in total. The van der Waals surface area contributed by atoms with E-state index in [1.54, 1.807) is 23.1 Å². The minimum atomic E-state index is 0.632. The Balaban J connectivity index is 1.28. The third kappa shape index (κ3) is 7.00. The van der Waals surface area contributed by atoms with Gasteiger partial charge in [0.25, 0.3) is 0 Å². The first-order valence-corrected chi connectivity index (χ1v) is 14.0. The van der Waals surface area contributed by atoms with Gasteiger partial charge in [-0.25, -0.2) is 9.97 Å². The number of pyridine rings is 1. The summed E-state index contributed by atoms with van der Waals surface area (Å²) in [5.41, 5.74) is 0.971. The van der Waals surface area contributed by atoms with Crippen LogP contribution in [0, 0.1) is 6.92 Å². The lowest BCUT2D eigenvalue weighted by Crippen LogP contribution is -2.33. The molecule has 1 fully saturated rings. The van der Waals surface area contributed by atoms with E-state index >= 15 is 0 Å². The summed E-state index contributed by atoms with van der Waals surface area (Å²) in [6, 6.07) is 20.0. The summed E-state index contributed by atoms with van der Waals surface area (Å²) in [5.74, 6) is 2.92. The molecule has 0 aliphatic carbocycles. The van der Waals surface area contributed by atoms with Gasteiger partial charge in [0.2, 0.25) is 0 Å². The van der Waals surface area contributed by atoms with Crippen molar-refractivity contribution >= 4 is 34.0 Å². The van der Waals surface area contributed by atoms with E-state index in [1.807, 2.05) is 67.0 Å². The van der Waals surface area contributed by atoms with Crippen LogP contribution in [0.2, 0.25) is 0 Å². The van der Waals surface area contributed by atoms with Crippen LogP contribution in [0.5, 0.6) is 17.2 Å². The molecular formula is C28H30N4O2S2. The van der Waals surface area contributed by atoms with E-state index in [9.17, 15) is 0 Å². The predicted octanol–water partition coefficient (Wildman–Crippen LogP) is 7.40. The Morgan fingerprint density at radius 1 is 0.972 bits per heavy atom. The van der Waals surface area contributed by atoms with E-state index in [1.165, 1.54) is 32.4 Å². The number of para-hydroxylation sites is 1. The van der Waals surface area contributed by atoms with Gasteiger partial charge in [-0.05, 0) is 63.2 Å². The zero-order valence-corrected chi connectivity index (χ0v) is 22.0. The van der Waals surface area contributed by atoms with Crippen molar-refractivity contribution in [3.05, 3.63) is 77.9 Å². The van der Waals surface area contributed by atoms with Crippen LogP contribution in [-0.4, -0.2) is 41.1 Å². The number of thiazole rings is 1. The molecule has 8 heteroatoms. The van der Waals surface area contributed by atoms with E-state index in [0.29, 0.717) is 18.2 Å². The minimum absolute atomic E-state index is 0.632. The van der Waals surface area contributed by atoms with Gasteiger partial charge in [-0.15, -0.1) is 11.3 Å². The minimum Gasteiger partial charge on any atom is -0.492 e. The molecule has 1 N–H and O–H groups in total. The van der Waals surface area contributed by atoms with Crippen molar-refractivity contribution in [1.82, 2.24) is 14.9 Å². The molecule has 3 heterocycles. The molecule has 0 bridgehead atoms. The number of hydrogen-bond donors (Lipinski definition) is 1. The lowest BCUT2D eigenvalue weighted by atomic mass is 10.1. The van der Waals surface area contributed by atoms with Gasteiger partial charge in [-0.3, -0.25) is 4.90 Å². The molecule has 4 aromatic rings. The van der Waals surface area contributed by atoms with Gasteiger partial charge in [-0.2, -0.15) is 0 Å². The van der Waals surface area contributed by atoms with Gasteiger partial charge < -0.3 is 14.8 Å². The molecule has 1 aliphatic rings. The quantitative estimate of drug-likeness (QED) is 0.235. The summed E-state index contributed by atoms with van der Waals surface area (Å²) < 4.78 is 12.3. The van der Waals surface area contributed by atoms with Gasteiger partial charge in [0, 0.05) is 34.0 Å². The van der Waals surface area contributed by atoms with E-state index in [2.05, 4.69) is 32.3 Å². The molecule has 186 valence electrons. The zero-order valence-electron chi connectivity index (χ0n) is 20.4. The monoisotopic (exact) mass is 518 g/mol. The van der Waals surface area contributed by atoms with Crippen LogP contribution < -0.4 is 14.8 Å². The number of piperidine rings is 1. The second-order valence-corrected chi connectivity index (χ2v) is 10.7. The summed E-state index contributed by atoms with van der Waals surface area (Å²) in [5, 5.41) is 6.09. The van der Waals surface area contributed by atoms with Crippen molar-refractivity contribution in [2.45, 2.75) is 36.0 Å². The first-order chi connectivity index (χ1) is 17.7. The van der Waals surface area contributed by atoms with Gasteiger partial charge >= 0.3 is 0 Å². The van der Waals surface area contributed by atoms with Crippen LogP contribution in [0.25, 0.3) is 0 Å². The molecule has 5 rings (SSSR count). The fourth-order valence-electron chi connectivity index (χ4n) is 4.02. The van der Waals surface area contributed by atoms with E-state index in [0.717, 1.165) is 38.7 Å². The van der Waals surface area contributed by atoms with Gasteiger partial charge in [-0.1, -0.05) is 42.4 Å². The second kappa shape index (κ2) is 12.3. The molecule has 2 aromatic heterocycles. The average Bonchev–Trinajstić information content (AvgIpc) is 3.31. The first kappa shape index (κ1) is 24.6. The fraction of sp³-hybridized carbons (Fsp3) is 0.286. The highest BCUT2D eigenvalue weighted by Gasteiger charge is 2.13. The van der Waals surface area contributed by atoms with Gasteiger partial charge in [0.05, 0.1) is 5.69 Å². The molecule has 0 amide bonds. The number of nitrogens with zero attached hydrogens (tertiary/aromatic N) is 3. The van der Waals surface area contributed by atoms with Crippen LogP contribution >= 0.6 is 23.1 Å². The Labute approximate surface area is 220 Å². The number of likely N-dealkylation sites (tertiary alicyclic amines) is 1. The van der Waals surface area contributed by atoms with Crippen LogP contribution in [0.4, 0.5) is 10.9 Å². The number of aryl methyl sites for hydroxylation is 1. The van der Waals surface area contributed by atoms with E-state index < -0.39 is 0 Å². The van der Waals surface area contributed by atoms with E-state index in [4.69, 9.17) is 9.47 Å². The molecule has 0 atom stereocenters. The standard InChI is InChI=1S/C28H30N4O2S2/c1-21-20-35-28(30-21)31-27-26(34-22-9-4-2-5-10-22)18-25(19-29-27)36-24-12-8-11-23(17-24)33-16-15-32-13-6-3-7-14-32/h2,4-5,8-12,17-20H,3,6-7,13-16H2,1H3,(H,29,30,31). The molecule has 0 spiro atoms. The molecule has 0 radical (unpaired) electrons. The summed E-state index contributed by atoms with van der Waals surface area (Å²) >= 11 is 3.18. The average molecular weight is 519 g/mol. The largest absolute Gasteiger partial charge is 0.492 e. The first-order valence-electron chi connectivity index (χ1n) is 12.3. The van der Waals surface area contributed by atoms with Crippen molar-refractivity contribution in [2.24, 2.45) is 0 Å². The summed E-state index contributed by atoms with van der Waals surface area (Å²) in [7, 11) is 0. The smallest absolute Gasteiger partial charge is 0.188 e. The van der Waals surface area contributed by atoms with Crippen molar-refractivity contribution < 1.29 is 9.47 Å².